The van der Waals surface area contributed by atoms with Gasteiger partial charge in [-0.2, -0.15) is 0 Å². The van der Waals surface area contributed by atoms with Crippen LogP contribution in [0.1, 0.15) is 45.7 Å². The highest BCUT2D eigenvalue weighted by Crippen LogP contribution is 2.56. The molecule has 2 aromatic carbocycles. The van der Waals surface area contributed by atoms with Gasteiger partial charge < -0.3 is 9.47 Å². The Morgan fingerprint density at radius 3 is 1.94 bits per heavy atom. The third-order valence-corrected chi connectivity index (χ3v) is 6.01. The van der Waals surface area contributed by atoms with Crippen LogP contribution in [0.2, 0.25) is 0 Å². The molecule has 0 unspecified atom stereocenters. The Bertz CT molecular complexity index is 1050. The Morgan fingerprint density at radius 2 is 1.41 bits per heavy atom. The molecule has 0 fully saturated rings. The number of rotatable bonds is 9. The molecule has 2 aromatic rings. The van der Waals surface area contributed by atoms with Gasteiger partial charge in [0.15, 0.2) is 0 Å². The molecule has 0 amide bonds. The maximum atomic E-state index is 5.68. The summed E-state index contributed by atoms with van der Waals surface area (Å²) in [6.07, 6.45) is 10.6. The molecule has 0 heterocycles. The Labute approximate surface area is 193 Å². The van der Waals surface area contributed by atoms with E-state index in [0.29, 0.717) is 19.0 Å². The lowest BCUT2D eigenvalue weighted by Gasteiger charge is -2.35. The highest BCUT2D eigenvalue weighted by Gasteiger charge is 2.45. The smallest absolute Gasteiger partial charge is 0.112 e. The lowest BCUT2D eigenvalue weighted by molar-refractivity contribution is 0.231. The zero-order valence-corrected chi connectivity index (χ0v) is 19.9. The molecule has 0 atom stereocenters. The molecule has 2 heteroatoms. The van der Waals surface area contributed by atoms with E-state index in [1.807, 2.05) is 26.8 Å². The van der Waals surface area contributed by atoms with E-state index >= 15 is 0 Å². The van der Waals surface area contributed by atoms with Crippen molar-refractivity contribution in [1.82, 2.24) is 0 Å². The average Bonchev–Trinajstić information content (AvgIpc) is 3.10. The van der Waals surface area contributed by atoms with Gasteiger partial charge in [0.2, 0.25) is 0 Å². The Hall–Kier alpha value is -3.26. The van der Waals surface area contributed by atoms with Crippen LogP contribution in [-0.4, -0.2) is 13.2 Å². The van der Waals surface area contributed by atoms with Crippen molar-refractivity contribution in [1.29, 1.82) is 0 Å². The van der Waals surface area contributed by atoms with Crippen molar-refractivity contribution in [3.05, 3.63) is 119 Å². The highest BCUT2D eigenvalue weighted by atomic mass is 16.5. The van der Waals surface area contributed by atoms with Crippen molar-refractivity contribution >= 4 is 0 Å². The fraction of sp³-hybridized carbons (Fsp3) is 0.267. The summed E-state index contributed by atoms with van der Waals surface area (Å²) < 4.78 is 11.3. The summed E-state index contributed by atoms with van der Waals surface area (Å²) in [7, 11) is 0. The van der Waals surface area contributed by atoms with Crippen molar-refractivity contribution in [3.8, 4) is 11.1 Å². The summed E-state index contributed by atoms with van der Waals surface area (Å²) in [4.78, 5) is 0. The zero-order chi connectivity index (χ0) is 23.1. The van der Waals surface area contributed by atoms with Crippen LogP contribution in [0.5, 0.6) is 0 Å². The van der Waals surface area contributed by atoms with Gasteiger partial charge in [0, 0.05) is 0 Å². The van der Waals surface area contributed by atoms with E-state index in [0.717, 1.165) is 5.76 Å². The minimum Gasteiger partial charge on any atom is -0.499 e. The molecular weight excluding hydrogens is 392 g/mol. The molecule has 0 spiro atoms. The Balaban J connectivity index is 2.30. The van der Waals surface area contributed by atoms with Crippen molar-refractivity contribution in [2.24, 2.45) is 0 Å². The highest BCUT2D eigenvalue weighted by molar-refractivity contribution is 5.86. The summed E-state index contributed by atoms with van der Waals surface area (Å²) >= 11 is 0. The zero-order valence-electron chi connectivity index (χ0n) is 19.9. The summed E-state index contributed by atoms with van der Waals surface area (Å²) in [5.41, 5.74) is 7.14. The van der Waals surface area contributed by atoms with Crippen LogP contribution in [-0.2, 0) is 14.9 Å². The number of allylic oxidation sites excluding steroid dienone is 8. The number of hydrogen-bond donors (Lipinski definition) is 0. The number of ether oxygens (including phenoxy) is 2. The maximum absolute atomic E-state index is 5.68. The van der Waals surface area contributed by atoms with Crippen molar-refractivity contribution in [3.63, 3.8) is 0 Å². The van der Waals surface area contributed by atoms with E-state index in [4.69, 9.17) is 9.47 Å². The van der Waals surface area contributed by atoms with Gasteiger partial charge in [0.1, 0.15) is 5.76 Å². The predicted molar refractivity (Wildman–Crippen MR) is 135 cm³/mol. The maximum Gasteiger partial charge on any atom is 0.112 e. The molecule has 1 aliphatic rings. The van der Waals surface area contributed by atoms with Crippen molar-refractivity contribution < 1.29 is 9.47 Å². The third kappa shape index (κ3) is 4.23. The topological polar surface area (TPSA) is 18.5 Å². The lowest BCUT2D eigenvalue weighted by atomic mass is 9.66. The van der Waals surface area contributed by atoms with E-state index in [2.05, 4.69) is 93.3 Å². The number of benzene rings is 2. The molecule has 0 bridgehead atoms. The molecule has 32 heavy (non-hydrogen) atoms. The summed E-state index contributed by atoms with van der Waals surface area (Å²) in [6.45, 7) is 15.6. The Kier molecular flexibility index (Phi) is 7.58. The first-order valence-electron chi connectivity index (χ1n) is 11.3. The van der Waals surface area contributed by atoms with E-state index < -0.39 is 5.41 Å². The van der Waals surface area contributed by atoms with E-state index in [1.165, 1.54) is 33.4 Å². The Morgan fingerprint density at radius 1 is 0.844 bits per heavy atom. The molecule has 166 valence electrons. The second-order valence-electron chi connectivity index (χ2n) is 7.88. The quantitative estimate of drug-likeness (QED) is 0.300. The summed E-state index contributed by atoms with van der Waals surface area (Å²) in [6, 6.07) is 17.4. The van der Waals surface area contributed by atoms with Crippen LogP contribution < -0.4 is 0 Å². The molecule has 0 radical (unpaired) electrons. The molecule has 0 N–H and O–H groups in total. The van der Waals surface area contributed by atoms with E-state index in [9.17, 15) is 0 Å². The van der Waals surface area contributed by atoms with Gasteiger partial charge in [-0.05, 0) is 74.6 Å². The summed E-state index contributed by atoms with van der Waals surface area (Å²) in [5.74, 6) is 1.57. The lowest BCUT2D eigenvalue weighted by Crippen LogP contribution is -2.29. The molecule has 3 rings (SSSR count). The van der Waals surface area contributed by atoms with Crippen LogP contribution in [0, 0.1) is 0 Å². The molecule has 2 nitrogen and oxygen atoms in total. The first-order valence-corrected chi connectivity index (χ1v) is 11.3. The predicted octanol–water partition coefficient (Wildman–Crippen LogP) is 7.89. The largest absolute Gasteiger partial charge is 0.499 e. The minimum absolute atomic E-state index is 0.409. The van der Waals surface area contributed by atoms with Gasteiger partial charge in [0.05, 0.1) is 24.4 Å². The van der Waals surface area contributed by atoms with Crippen LogP contribution in [0.3, 0.4) is 0 Å². The van der Waals surface area contributed by atoms with Crippen LogP contribution in [0.25, 0.3) is 11.1 Å². The van der Waals surface area contributed by atoms with Crippen LogP contribution in [0.15, 0.2) is 108 Å². The number of hydrogen-bond acceptors (Lipinski definition) is 2. The van der Waals surface area contributed by atoms with Crippen LogP contribution in [0.4, 0.5) is 0 Å². The fourth-order valence-corrected chi connectivity index (χ4v) is 4.70. The van der Waals surface area contributed by atoms with Gasteiger partial charge in [-0.25, -0.2) is 0 Å². The molecule has 0 aliphatic heterocycles. The first-order chi connectivity index (χ1) is 15.5. The van der Waals surface area contributed by atoms with Gasteiger partial charge in [0.25, 0.3) is 0 Å². The van der Waals surface area contributed by atoms with Gasteiger partial charge in [-0.1, -0.05) is 78.9 Å². The minimum atomic E-state index is -0.409. The van der Waals surface area contributed by atoms with Crippen LogP contribution >= 0.6 is 0 Å². The van der Waals surface area contributed by atoms with Crippen molar-refractivity contribution in [2.45, 2.75) is 40.0 Å². The second kappa shape index (κ2) is 10.4. The third-order valence-electron chi connectivity index (χ3n) is 6.01. The molecule has 0 saturated heterocycles. The van der Waals surface area contributed by atoms with Gasteiger partial charge >= 0.3 is 0 Å². The first kappa shape index (κ1) is 23.4. The standard InChI is InChI=1S/C30H34O2/c1-7-25(21-20-24(6)32-9-3)30(22(4)18-19-23(5)31-8-2)28-16-12-10-14-26(28)27-15-11-13-17-29(27)30/h7,10-21H,6,8-9H2,1-5H3/b21-20-,22-18+,23-19+,25-7+. The number of fused-ring (bicyclic) bond motifs is 3. The van der Waals surface area contributed by atoms with E-state index in [-0.39, 0.29) is 0 Å². The average molecular weight is 427 g/mol. The molecule has 0 aromatic heterocycles. The van der Waals surface area contributed by atoms with Gasteiger partial charge in [-0.15, -0.1) is 0 Å². The van der Waals surface area contributed by atoms with Gasteiger partial charge in [-0.3, -0.25) is 0 Å². The van der Waals surface area contributed by atoms with E-state index in [1.54, 1.807) is 0 Å². The monoisotopic (exact) mass is 426 g/mol. The SMILES string of the molecule is C=C(/C=C\C(=C/C)C1(/C(C)=C/C=C(\C)OCC)c2ccccc2-c2ccccc21)OCC. The summed E-state index contributed by atoms with van der Waals surface area (Å²) in [5, 5.41) is 0. The molecule has 1 aliphatic carbocycles. The second-order valence-corrected chi connectivity index (χ2v) is 7.88. The molecule has 0 saturated carbocycles. The fourth-order valence-electron chi connectivity index (χ4n) is 4.70. The molecular formula is C30H34O2. The normalized spacial score (nSPS) is 15.5. The van der Waals surface area contributed by atoms with Crippen molar-refractivity contribution in [2.75, 3.05) is 13.2 Å².